The number of pyridine rings is 1. The van der Waals surface area contributed by atoms with Gasteiger partial charge in [0.15, 0.2) is 5.78 Å². The van der Waals surface area contributed by atoms with Gasteiger partial charge >= 0.3 is 0 Å². The van der Waals surface area contributed by atoms with Crippen molar-refractivity contribution in [3.63, 3.8) is 0 Å². The molecule has 0 saturated carbocycles. The van der Waals surface area contributed by atoms with E-state index in [1.165, 1.54) is 12.1 Å². The van der Waals surface area contributed by atoms with Crippen LogP contribution in [0.4, 0.5) is 4.39 Å². The van der Waals surface area contributed by atoms with Crippen LogP contribution in [0.2, 0.25) is 0 Å². The third-order valence-electron chi connectivity index (χ3n) is 3.05. The number of aromatic nitrogens is 1. The van der Waals surface area contributed by atoms with Gasteiger partial charge in [0.25, 0.3) is 0 Å². The van der Waals surface area contributed by atoms with Crippen molar-refractivity contribution < 1.29 is 9.18 Å². The third-order valence-corrected chi connectivity index (χ3v) is 3.05. The first-order chi connectivity index (χ1) is 9.27. The molecule has 92 valence electrons. The van der Waals surface area contributed by atoms with E-state index in [1.54, 1.807) is 36.7 Å². The Kier molecular flexibility index (Phi) is 2.80. The summed E-state index contributed by atoms with van der Waals surface area (Å²) >= 11 is 0. The first-order valence-corrected chi connectivity index (χ1v) is 5.89. The van der Waals surface area contributed by atoms with Crippen LogP contribution in [0.3, 0.4) is 0 Å². The standard InChI is InChI=1S/C16H10FNO/c17-15-7-2-1-5-13(15)16(19)12-6-3-4-11-8-9-18-10-14(11)12/h1-10H. The molecule has 19 heavy (non-hydrogen) atoms. The molecule has 0 aliphatic heterocycles. The van der Waals surface area contributed by atoms with Gasteiger partial charge in [0.1, 0.15) is 5.82 Å². The summed E-state index contributed by atoms with van der Waals surface area (Å²) in [6, 6.07) is 13.2. The fourth-order valence-corrected chi connectivity index (χ4v) is 2.10. The van der Waals surface area contributed by atoms with Gasteiger partial charge in [-0.25, -0.2) is 4.39 Å². The highest BCUT2D eigenvalue weighted by Gasteiger charge is 2.15. The van der Waals surface area contributed by atoms with Crippen molar-refractivity contribution in [1.29, 1.82) is 0 Å². The molecule has 3 rings (SSSR count). The molecule has 3 heteroatoms. The maximum Gasteiger partial charge on any atom is 0.196 e. The van der Waals surface area contributed by atoms with Crippen LogP contribution in [-0.4, -0.2) is 10.8 Å². The second-order valence-corrected chi connectivity index (χ2v) is 4.21. The summed E-state index contributed by atoms with van der Waals surface area (Å²) in [6.45, 7) is 0. The van der Waals surface area contributed by atoms with Crippen molar-refractivity contribution in [2.45, 2.75) is 0 Å². The molecule has 0 saturated heterocycles. The Morgan fingerprint density at radius 2 is 1.74 bits per heavy atom. The van der Waals surface area contributed by atoms with Crippen molar-refractivity contribution in [3.05, 3.63) is 77.9 Å². The largest absolute Gasteiger partial charge is 0.288 e. The van der Waals surface area contributed by atoms with E-state index in [1.807, 2.05) is 12.1 Å². The predicted octanol–water partition coefficient (Wildman–Crippen LogP) is 3.60. The van der Waals surface area contributed by atoms with Gasteiger partial charge in [0.2, 0.25) is 0 Å². The molecular formula is C16H10FNO. The lowest BCUT2D eigenvalue weighted by Gasteiger charge is -2.06. The Hall–Kier alpha value is -2.55. The Bertz CT molecular complexity index is 762. The van der Waals surface area contributed by atoms with Crippen molar-refractivity contribution in [1.82, 2.24) is 4.98 Å². The molecule has 0 radical (unpaired) electrons. The molecule has 0 amide bonds. The average Bonchev–Trinajstić information content (AvgIpc) is 2.46. The van der Waals surface area contributed by atoms with Gasteiger partial charge in [-0.1, -0.05) is 30.3 Å². The monoisotopic (exact) mass is 251 g/mol. The van der Waals surface area contributed by atoms with Crippen LogP contribution in [0, 0.1) is 5.82 Å². The summed E-state index contributed by atoms with van der Waals surface area (Å²) in [5.41, 5.74) is 0.551. The molecule has 0 spiro atoms. The SMILES string of the molecule is O=C(c1ccccc1F)c1cccc2ccncc12. The van der Waals surface area contributed by atoms with E-state index in [0.29, 0.717) is 5.56 Å². The molecular weight excluding hydrogens is 241 g/mol. The second kappa shape index (κ2) is 4.61. The van der Waals surface area contributed by atoms with Crippen LogP contribution in [0.1, 0.15) is 15.9 Å². The van der Waals surface area contributed by atoms with Crippen LogP contribution in [-0.2, 0) is 0 Å². The highest BCUT2D eigenvalue weighted by Crippen LogP contribution is 2.21. The minimum atomic E-state index is -0.506. The molecule has 0 aliphatic rings. The maximum atomic E-state index is 13.7. The second-order valence-electron chi connectivity index (χ2n) is 4.21. The maximum absolute atomic E-state index is 13.7. The highest BCUT2D eigenvalue weighted by molar-refractivity contribution is 6.16. The molecule has 0 N–H and O–H groups in total. The number of halogens is 1. The summed E-state index contributed by atoms with van der Waals surface area (Å²) in [6.07, 6.45) is 3.29. The lowest BCUT2D eigenvalue weighted by molar-refractivity contribution is 0.103. The van der Waals surface area contributed by atoms with E-state index < -0.39 is 5.82 Å². The fourth-order valence-electron chi connectivity index (χ4n) is 2.10. The normalized spacial score (nSPS) is 10.6. The Morgan fingerprint density at radius 1 is 0.947 bits per heavy atom. The summed E-state index contributed by atoms with van der Waals surface area (Å²) in [4.78, 5) is 16.4. The minimum Gasteiger partial charge on any atom is -0.288 e. The summed E-state index contributed by atoms with van der Waals surface area (Å²) in [5.74, 6) is -0.829. The van der Waals surface area contributed by atoms with Crippen molar-refractivity contribution in [3.8, 4) is 0 Å². The molecule has 0 bridgehead atoms. The van der Waals surface area contributed by atoms with Crippen molar-refractivity contribution >= 4 is 16.6 Å². The minimum absolute atomic E-state index is 0.0823. The number of hydrogen-bond acceptors (Lipinski definition) is 2. The van der Waals surface area contributed by atoms with Crippen LogP contribution < -0.4 is 0 Å². The topological polar surface area (TPSA) is 30.0 Å². The van der Waals surface area contributed by atoms with Crippen LogP contribution in [0.15, 0.2) is 60.9 Å². The lowest BCUT2D eigenvalue weighted by Crippen LogP contribution is -2.04. The van der Waals surface area contributed by atoms with Crippen LogP contribution >= 0.6 is 0 Å². The number of carbonyl (C=O) groups excluding carboxylic acids is 1. The predicted molar refractivity (Wildman–Crippen MR) is 71.6 cm³/mol. The smallest absolute Gasteiger partial charge is 0.196 e. The Morgan fingerprint density at radius 3 is 2.58 bits per heavy atom. The average molecular weight is 251 g/mol. The van der Waals surface area contributed by atoms with Crippen molar-refractivity contribution in [2.24, 2.45) is 0 Å². The Labute approximate surface area is 109 Å². The first kappa shape index (κ1) is 11.5. The van der Waals surface area contributed by atoms with Crippen molar-refractivity contribution in [2.75, 3.05) is 0 Å². The number of hydrogen-bond donors (Lipinski definition) is 0. The van der Waals surface area contributed by atoms with E-state index in [2.05, 4.69) is 4.98 Å². The van der Waals surface area contributed by atoms with E-state index in [4.69, 9.17) is 0 Å². The quantitative estimate of drug-likeness (QED) is 0.651. The summed E-state index contributed by atoms with van der Waals surface area (Å²) in [5, 5.41) is 1.65. The molecule has 0 atom stereocenters. The first-order valence-electron chi connectivity index (χ1n) is 5.89. The summed E-state index contributed by atoms with van der Waals surface area (Å²) < 4.78 is 13.7. The molecule has 2 nitrogen and oxygen atoms in total. The number of rotatable bonds is 2. The van der Waals surface area contributed by atoms with E-state index >= 15 is 0 Å². The summed E-state index contributed by atoms with van der Waals surface area (Å²) in [7, 11) is 0. The Balaban J connectivity index is 2.20. The molecule has 3 aromatic rings. The van der Waals surface area contributed by atoms with Gasteiger partial charge in [0.05, 0.1) is 5.56 Å². The number of fused-ring (bicyclic) bond motifs is 1. The van der Waals surface area contributed by atoms with E-state index in [9.17, 15) is 9.18 Å². The van der Waals surface area contributed by atoms with Gasteiger partial charge in [0, 0.05) is 23.3 Å². The van der Waals surface area contributed by atoms with E-state index in [-0.39, 0.29) is 11.3 Å². The number of nitrogens with zero attached hydrogens (tertiary/aromatic N) is 1. The van der Waals surface area contributed by atoms with Crippen LogP contribution in [0.5, 0.6) is 0 Å². The van der Waals surface area contributed by atoms with Gasteiger partial charge in [-0.2, -0.15) is 0 Å². The molecule has 1 aromatic heterocycles. The fraction of sp³-hybridized carbons (Fsp3) is 0. The molecule has 0 fully saturated rings. The van der Waals surface area contributed by atoms with Gasteiger partial charge < -0.3 is 0 Å². The highest BCUT2D eigenvalue weighted by atomic mass is 19.1. The lowest BCUT2D eigenvalue weighted by atomic mass is 9.98. The van der Waals surface area contributed by atoms with Gasteiger partial charge in [-0.05, 0) is 23.6 Å². The zero-order valence-corrected chi connectivity index (χ0v) is 10.0. The van der Waals surface area contributed by atoms with Gasteiger partial charge in [-0.3, -0.25) is 9.78 Å². The molecule has 0 aliphatic carbocycles. The zero-order chi connectivity index (χ0) is 13.2. The molecule has 2 aromatic carbocycles. The molecule has 0 unspecified atom stereocenters. The number of benzene rings is 2. The molecule has 1 heterocycles. The number of ketones is 1. The zero-order valence-electron chi connectivity index (χ0n) is 10.0. The van der Waals surface area contributed by atoms with Gasteiger partial charge in [-0.15, -0.1) is 0 Å². The van der Waals surface area contributed by atoms with Crippen LogP contribution in [0.25, 0.3) is 10.8 Å². The van der Waals surface area contributed by atoms with E-state index in [0.717, 1.165) is 10.8 Å². The third kappa shape index (κ3) is 1.99. The number of carbonyl (C=O) groups is 1.